The number of carbonyl (C=O) groups excluding carboxylic acids is 1. The molecular weight excluding hydrogens is 352 g/mol. The van der Waals surface area contributed by atoms with Gasteiger partial charge in [-0.25, -0.2) is 9.48 Å². The van der Waals surface area contributed by atoms with Crippen molar-refractivity contribution in [1.82, 2.24) is 9.78 Å². The lowest BCUT2D eigenvalue weighted by atomic mass is 10.1. The van der Waals surface area contributed by atoms with Crippen LogP contribution >= 0.6 is 11.6 Å². The molecule has 0 atom stereocenters. The van der Waals surface area contributed by atoms with E-state index in [-0.39, 0.29) is 12.3 Å². The van der Waals surface area contributed by atoms with Crippen molar-refractivity contribution >= 4 is 17.6 Å². The molecule has 6 heteroatoms. The van der Waals surface area contributed by atoms with Crippen molar-refractivity contribution in [1.29, 1.82) is 0 Å². The molecular formula is C20H17ClN2O3. The van der Waals surface area contributed by atoms with E-state index in [1.807, 2.05) is 31.2 Å². The molecule has 0 aliphatic rings. The summed E-state index contributed by atoms with van der Waals surface area (Å²) in [5.41, 5.74) is 2.47. The van der Waals surface area contributed by atoms with Gasteiger partial charge in [-0.15, -0.1) is 0 Å². The highest BCUT2D eigenvalue weighted by Gasteiger charge is 2.17. The van der Waals surface area contributed by atoms with Crippen LogP contribution in [0.4, 0.5) is 0 Å². The Balaban J connectivity index is 1.88. The van der Waals surface area contributed by atoms with Gasteiger partial charge in [0.2, 0.25) is 11.1 Å². The first-order valence-corrected chi connectivity index (χ1v) is 8.42. The standard InChI is InChI=1S/C20H17ClN2O3/c1-13-5-3-4-6-15(13)12-26-20(25)19-18(24)11-14(2)23(22-19)17-9-7-16(21)8-10-17/h3-11H,12H2,1-2H3. The van der Waals surface area contributed by atoms with Crippen LogP contribution in [0.2, 0.25) is 5.02 Å². The highest BCUT2D eigenvalue weighted by atomic mass is 35.5. The molecule has 0 spiro atoms. The largest absolute Gasteiger partial charge is 0.456 e. The molecule has 0 saturated carbocycles. The zero-order chi connectivity index (χ0) is 18.7. The Morgan fingerprint density at radius 2 is 1.81 bits per heavy atom. The first-order chi connectivity index (χ1) is 12.5. The number of benzene rings is 2. The van der Waals surface area contributed by atoms with E-state index in [4.69, 9.17) is 16.3 Å². The Kier molecular flexibility index (Phi) is 5.19. The fraction of sp³-hybridized carbons (Fsp3) is 0.150. The van der Waals surface area contributed by atoms with E-state index in [2.05, 4.69) is 5.10 Å². The Bertz CT molecular complexity index is 1010. The number of nitrogens with zero attached hydrogens (tertiary/aromatic N) is 2. The van der Waals surface area contributed by atoms with Gasteiger partial charge in [-0.3, -0.25) is 4.79 Å². The SMILES string of the molecule is Cc1ccccc1COC(=O)c1nn(-c2ccc(Cl)cc2)c(C)cc1=O. The average Bonchev–Trinajstić information content (AvgIpc) is 2.62. The number of esters is 1. The molecule has 0 fully saturated rings. The molecule has 0 radical (unpaired) electrons. The third-order valence-corrected chi connectivity index (χ3v) is 4.24. The number of aromatic nitrogens is 2. The summed E-state index contributed by atoms with van der Waals surface area (Å²) in [5.74, 6) is -0.749. The molecule has 3 aromatic rings. The fourth-order valence-corrected chi connectivity index (χ4v) is 2.64. The molecule has 3 rings (SSSR count). The van der Waals surface area contributed by atoms with Gasteiger partial charge in [-0.05, 0) is 49.2 Å². The van der Waals surface area contributed by atoms with Crippen molar-refractivity contribution in [2.24, 2.45) is 0 Å². The van der Waals surface area contributed by atoms with Crippen molar-refractivity contribution in [2.45, 2.75) is 20.5 Å². The summed E-state index contributed by atoms with van der Waals surface area (Å²) >= 11 is 5.90. The second kappa shape index (κ2) is 7.54. The maximum atomic E-state index is 12.4. The van der Waals surface area contributed by atoms with Crippen LogP contribution in [-0.4, -0.2) is 15.7 Å². The minimum Gasteiger partial charge on any atom is -0.456 e. The Morgan fingerprint density at radius 3 is 2.50 bits per heavy atom. The first kappa shape index (κ1) is 17.9. The number of ether oxygens (including phenoxy) is 1. The zero-order valence-corrected chi connectivity index (χ0v) is 15.2. The van der Waals surface area contributed by atoms with Gasteiger partial charge in [0.15, 0.2) is 0 Å². The number of aryl methyl sites for hydroxylation is 2. The Labute approximate surface area is 155 Å². The molecule has 1 aromatic heterocycles. The summed E-state index contributed by atoms with van der Waals surface area (Å²) in [7, 11) is 0. The maximum Gasteiger partial charge on any atom is 0.363 e. The monoisotopic (exact) mass is 368 g/mol. The van der Waals surface area contributed by atoms with Crippen molar-refractivity contribution in [3.05, 3.63) is 92.4 Å². The fourth-order valence-electron chi connectivity index (χ4n) is 2.52. The van der Waals surface area contributed by atoms with Crippen molar-refractivity contribution in [3.8, 4) is 5.69 Å². The molecule has 132 valence electrons. The van der Waals surface area contributed by atoms with Gasteiger partial charge >= 0.3 is 5.97 Å². The summed E-state index contributed by atoms with van der Waals surface area (Å²) in [6.07, 6.45) is 0. The number of hydrogen-bond donors (Lipinski definition) is 0. The lowest BCUT2D eigenvalue weighted by Crippen LogP contribution is -2.24. The second-order valence-corrected chi connectivity index (χ2v) is 6.33. The molecule has 0 aliphatic carbocycles. The van der Waals surface area contributed by atoms with Crippen LogP contribution in [0.5, 0.6) is 0 Å². The summed E-state index contributed by atoms with van der Waals surface area (Å²) in [5, 5.41) is 4.78. The number of carbonyl (C=O) groups is 1. The molecule has 0 amide bonds. The van der Waals surface area contributed by atoms with Crippen molar-refractivity contribution < 1.29 is 9.53 Å². The van der Waals surface area contributed by atoms with Crippen LogP contribution < -0.4 is 5.43 Å². The summed E-state index contributed by atoms with van der Waals surface area (Å²) in [6.45, 7) is 3.76. The lowest BCUT2D eigenvalue weighted by Gasteiger charge is -2.11. The van der Waals surface area contributed by atoms with Gasteiger partial charge in [-0.2, -0.15) is 5.10 Å². The summed E-state index contributed by atoms with van der Waals surface area (Å²) in [4.78, 5) is 24.6. The smallest absolute Gasteiger partial charge is 0.363 e. The molecule has 0 saturated heterocycles. The maximum absolute atomic E-state index is 12.4. The normalized spacial score (nSPS) is 10.6. The van der Waals surface area contributed by atoms with Crippen molar-refractivity contribution in [2.75, 3.05) is 0 Å². The van der Waals surface area contributed by atoms with E-state index < -0.39 is 11.4 Å². The van der Waals surface area contributed by atoms with Gasteiger partial charge < -0.3 is 4.74 Å². The van der Waals surface area contributed by atoms with E-state index in [1.54, 1.807) is 31.2 Å². The highest BCUT2D eigenvalue weighted by Crippen LogP contribution is 2.14. The quantitative estimate of drug-likeness (QED) is 0.656. The Hall–Kier alpha value is -2.92. The predicted molar refractivity (Wildman–Crippen MR) is 99.9 cm³/mol. The van der Waals surface area contributed by atoms with Gasteiger partial charge in [0.25, 0.3) is 0 Å². The molecule has 5 nitrogen and oxygen atoms in total. The van der Waals surface area contributed by atoms with Gasteiger partial charge in [0.05, 0.1) is 5.69 Å². The third-order valence-electron chi connectivity index (χ3n) is 3.99. The zero-order valence-electron chi connectivity index (χ0n) is 14.4. The van der Waals surface area contributed by atoms with E-state index in [0.717, 1.165) is 11.1 Å². The summed E-state index contributed by atoms with van der Waals surface area (Å²) in [6, 6.07) is 15.9. The predicted octanol–water partition coefficient (Wildman–Crippen LogP) is 3.86. The van der Waals surface area contributed by atoms with Crippen molar-refractivity contribution in [3.63, 3.8) is 0 Å². The minimum absolute atomic E-state index is 0.0848. The number of halogens is 1. The molecule has 0 aliphatic heterocycles. The van der Waals surface area contributed by atoms with E-state index in [9.17, 15) is 9.59 Å². The molecule has 2 aromatic carbocycles. The summed E-state index contributed by atoms with van der Waals surface area (Å²) < 4.78 is 6.81. The van der Waals surface area contributed by atoms with Gasteiger partial charge in [0, 0.05) is 16.8 Å². The lowest BCUT2D eigenvalue weighted by molar-refractivity contribution is 0.0461. The molecule has 0 N–H and O–H groups in total. The average molecular weight is 369 g/mol. The first-order valence-electron chi connectivity index (χ1n) is 8.04. The van der Waals surface area contributed by atoms with Gasteiger partial charge in [0.1, 0.15) is 6.61 Å². The third kappa shape index (κ3) is 3.83. The molecule has 0 bridgehead atoms. The highest BCUT2D eigenvalue weighted by molar-refractivity contribution is 6.30. The molecule has 26 heavy (non-hydrogen) atoms. The minimum atomic E-state index is -0.749. The van der Waals surface area contributed by atoms with E-state index in [0.29, 0.717) is 16.4 Å². The van der Waals surface area contributed by atoms with Crippen LogP contribution in [0.25, 0.3) is 5.69 Å². The van der Waals surface area contributed by atoms with E-state index >= 15 is 0 Å². The number of rotatable bonds is 4. The van der Waals surface area contributed by atoms with Crippen LogP contribution in [0.1, 0.15) is 27.3 Å². The molecule has 1 heterocycles. The van der Waals surface area contributed by atoms with Crippen LogP contribution in [0.3, 0.4) is 0 Å². The van der Waals surface area contributed by atoms with Crippen LogP contribution in [0, 0.1) is 13.8 Å². The second-order valence-electron chi connectivity index (χ2n) is 5.89. The topological polar surface area (TPSA) is 61.2 Å². The molecule has 0 unspecified atom stereocenters. The van der Waals surface area contributed by atoms with E-state index in [1.165, 1.54) is 10.7 Å². The van der Waals surface area contributed by atoms with Crippen LogP contribution in [-0.2, 0) is 11.3 Å². The Morgan fingerprint density at radius 1 is 1.12 bits per heavy atom. The number of hydrogen-bond acceptors (Lipinski definition) is 4. The van der Waals surface area contributed by atoms with Gasteiger partial charge in [-0.1, -0.05) is 35.9 Å². The van der Waals surface area contributed by atoms with Crippen LogP contribution in [0.15, 0.2) is 59.4 Å².